The van der Waals surface area contributed by atoms with Gasteiger partial charge in [0.25, 0.3) is 0 Å². The molecule has 0 radical (unpaired) electrons. The Morgan fingerprint density at radius 3 is 3.00 bits per heavy atom. The van der Waals surface area contributed by atoms with Gasteiger partial charge in [-0.05, 0) is 6.08 Å². The summed E-state index contributed by atoms with van der Waals surface area (Å²) in [6, 6.07) is 0. The first-order valence-corrected chi connectivity index (χ1v) is 4.61. The lowest BCUT2D eigenvalue weighted by atomic mass is 10.3. The van der Waals surface area contributed by atoms with E-state index in [1.165, 1.54) is 18.2 Å². The normalized spacial score (nSPS) is 23.7. The van der Waals surface area contributed by atoms with E-state index in [2.05, 4.69) is 6.58 Å². The summed E-state index contributed by atoms with van der Waals surface area (Å²) in [6.07, 6.45) is 2.17. The molecule has 1 heterocycles. The molecule has 1 N–H and O–H groups in total. The Balaban J connectivity index is 2.33. The Hall–Kier alpha value is -1.17. The van der Waals surface area contributed by atoms with Crippen LogP contribution in [0, 0.1) is 0 Å². The van der Waals surface area contributed by atoms with E-state index >= 15 is 0 Å². The van der Waals surface area contributed by atoms with Crippen LogP contribution in [0.15, 0.2) is 24.8 Å². The second-order valence-corrected chi connectivity index (χ2v) is 2.88. The second kappa shape index (κ2) is 6.34. The zero-order valence-corrected chi connectivity index (χ0v) is 8.30. The van der Waals surface area contributed by atoms with E-state index in [9.17, 15) is 9.90 Å². The second-order valence-electron chi connectivity index (χ2n) is 2.88. The summed E-state index contributed by atoms with van der Waals surface area (Å²) in [4.78, 5) is 11.2. The van der Waals surface area contributed by atoms with Crippen LogP contribution in [0.4, 0.5) is 0 Å². The van der Waals surface area contributed by atoms with E-state index in [4.69, 9.17) is 14.2 Å². The zero-order valence-electron chi connectivity index (χ0n) is 8.30. The fourth-order valence-corrected chi connectivity index (χ4v) is 0.996. The van der Waals surface area contributed by atoms with Gasteiger partial charge in [0.15, 0.2) is 6.10 Å². The fourth-order valence-electron chi connectivity index (χ4n) is 0.996. The van der Waals surface area contributed by atoms with Crippen LogP contribution in [0.1, 0.15) is 0 Å². The highest BCUT2D eigenvalue weighted by atomic mass is 16.7. The molecule has 15 heavy (non-hydrogen) atoms. The number of ether oxygens (including phenoxy) is 3. The van der Waals surface area contributed by atoms with Crippen LogP contribution in [0.2, 0.25) is 0 Å². The lowest BCUT2D eigenvalue weighted by Gasteiger charge is -2.23. The van der Waals surface area contributed by atoms with Crippen LogP contribution >= 0.6 is 0 Å². The van der Waals surface area contributed by atoms with Gasteiger partial charge in [-0.15, -0.1) is 0 Å². The SMILES string of the molecule is C=CC=CC(O)C(=O)OC1COCCO1. The van der Waals surface area contributed by atoms with Gasteiger partial charge >= 0.3 is 5.97 Å². The molecule has 0 spiro atoms. The van der Waals surface area contributed by atoms with Gasteiger partial charge in [0.1, 0.15) is 6.61 Å². The van der Waals surface area contributed by atoms with Gasteiger partial charge in [-0.3, -0.25) is 0 Å². The molecule has 0 bridgehead atoms. The number of rotatable bonds is 4. The minimum Gasteiger partial charge on any atom is -0.431 e. The van der Waals surface area contributed by atoms with E-state index in [0.717, 1.165) is 0 Å². The maximum absolute atomic E-state index is 11.2. The molecule has 0 aromatic carbocycles. The predicted octanol–water partition coefficient (Wildman–Crippen LogP) is 0.00560. The Morgan fingerprint density at radius 1 is 1.60 bits per heavy atom. The number of aliphatic hydroxyl groups is 1. The molecule has 0 saturated carbocycles. The first-order chi connectivity index (χ1) is 7.24. The summed E-state index contributed by atoms with van der Waals surface area (Å²) < 4.78 is 14.9. The van der Waals surface area contributed by atoms with Gasteiger partial charge < -0.3 is 19.3 Å². The van der Waals surface area contributed by atoms with Crippen molar-refractivity contribution >= 4 is 5.97 Å². The molecule has 0 amide bonds. The van der Waals surface area contributed by atoms with Gasteiger partial charge in [-0.2, -0.15) is 0 Å². The van der Waals surface area contributed by atoms with Gasteiger partial charge in [0, 0.05) is 0 Å². The van der Waals surface area contributed by atoms with Crippen LogP contribution < -0.4 is 0 Å². The fraction of sp³-hybridized carbons (Fsp3) is 0.500. The standard InChI is InChI=1S/C10H14O5/c1-2-3-4-8(11)10(12)15-9-7-13-5-6-14-9/h2-4,8-9,11H,1,5-7H2. The van der Waals surface area contributed by atoms with Crippen LogP contribution in [-0.2, 0) is 19.0 Å². The van der Waals surface area contributed by atoms with Crippen molar-refractivity contribution in [3.63, 3.8) is 0 Å². The summed E-state index contributed by atoms with van der Waals surface area (Å²) in [5, 5.41) is 9.27. The average molecular weight is 214 g/mol. The van der Waals surface area contributed by atoms with E-state index < -0.39 is 18.4 Å². The largest absolute Gasteiger partial charge is 0.431 e. The average Bonchev–Trinajstić information content (AvgIpc) is 2.27. The molecule has 0 aromatic rings. The molecule has 5 heteroatoms. The van der Waals surface area contributed by atoms with Crippen molar-refractivity contribution in [2.45, 2.75) is 12.4 Å². The van der Waals surface area contributed by atoms with Crippen molar-refractivity contribution in [2.75, 3.05) is 19.8 Å². The van der Waals surface area contributed by atoms with E-state index in [-0.39, 0.29) is 6.61 Å². The first kappa shape index (κ1) is 11.9. The van der Waals surface area contributed by atoms with E-state index in [1.54, 1.807) is 0 Å². The Morgan fingerprint density at radius 2 is 2.40 bits per heavy atom. The number of aliphatic hydroxyl groups excluding tert-OH is 1. The number of hydrogen-bond acceptors (Lipinski definition) is 5. The highest BCUT2D eigenvalue weighted by Gasteiger charge is 2.22. The Labute approximate surface area is 87.9 Å². The number of carbonyl (C=O) groups excluding carboxylic acids is 1. The smallest absolute Gasteiger partial charge is 0.341 e. The van der Waals surface area contributed by atoms with Gasteiger partial charge in [-0.25, -0.2) is 4.79 Å². The molecule has 0 aromatic heterocycles. The highest BCUT2D eigenvalue weighted by molar-refractivity contribution is 5.76. The van der Waals surface area contributed by atoms with Crippen molar-refractivity contribution in [1.82, 2.24) is 0 Å². The summed E-state index contributed by atoms with van der Waals surface area (Å²) >= 11 is 0. The molecule has 1 fully saturated rings. The third-order valence-corrected chi connectivity index (χ3v) is 1.70. The molecule has 1 rings (SSSR count). The van der Waals surface area contributed by atoms with Gasteiger partial charge in [-0.1, -0.05) is 18.7 Å². The van der Waals surface area contributed by atoms with Gasteiger partial charge in [0.05, 0.1) is 13.2 Å². The highest BCUT2D eigenvalue weighted by Crippen LogP contribution is 2.04. The number of hydrogen-bond donors (Lipinski definition) is 1. The molecule has 84 valence electrons. The summed E-state index contributed by atoms with van der Waals surface area (Å²) in [7, 11) is 0. The predicted molar refractivity (Wildman–Crippen MR) is 52.0 cm³/mol. The van der Waals surface area contributed by atoms with E-state index in [1.807, 2.05) is 0 Å². The summed E-state index contributed by atoms with van der Waals surface area (Å²) in [6.45, 7) is 4.49. The Bertz CT molecular complexity index is 242. The van der Waals surface area contributed by atoms with Crippen LogP contribution in [-0.4, -0.2) is 43.3 Å². The van der Waals surface area contributed by atoms with Crippen molar-refractivity contribution < 1.29 is 24.1 Å². The first-order valence-electron chi connectivity index (χ1n) is 4.61. The number of carbonyl (C=O) groups is 1. The lowest BCUT2D eigenvalue weighted by Crippen LogP contribution is -2.35. The molecule has 0 aliphatic carbocycles. The molecule has 1 saturated heterocycles. The molecular formula is C10H14O5. The Kier molecular flexibility index (Phi) is 5.03. The molecule has 2 atom stereocenters. The minimum absolute atomic E-state index is 0.198. The van der Waals surface area contributed by atoms with Crippen molar-refractivity contribution in [2.24, 2.45) is 0 Å². The zero-order chi connectivity index (χ0) is 11.1. The topological polar surface area (TPSA) is 65.0 Å². The molecular weight excluding hydrogens is 200 g/mol. The van der Waals surface area contributed by atoms with Crippen molar-refractivity contribution in [1.29, 1.82) is 0 Å². The molecule has 2 unspecified atom stereocenters. The van der Waals surface area contributed by atoms with Crippen LogP contribution in [0.3, 0.4) is 0 Å². The maximum atomic E-state index is 11.2. The monoisotopic (exact) mass is 214 g/mol. The minimum atomic E-state index is -1.30. The van der Waals surface area contributed by atoms with Crippen LogP contribution in [0.5, 0.6) is 0 Å². The third kappa shape index (κ3) is 4.24. The lowest BCUT2D eigenvalue weighted by molar-refractivity contribution is -0.218. The van der Waals surface area contributed by atoms with Crippen LogP contribution in [0.25, 0.3) is 0 Å². The third-order valence-electron chi connectivity index (χ3n) is 1.70. The summed E-state index contributed by atoms with van der Waals surface area (Å²) in [5.74, 6) is -0.761. The van der Waals surface area contributed by atoms with E-state index in [0.29, 0.717) is 13.2 Å². The van der Waals surface area contributed by atoms with Crippen molar-refractivity contribution in [3.05, 3.63) is 24.8 Å². The summed E-state index contributed by atoms with van der Waals surface area (Å²) in [5.41, 5.74) is 0. The van der Waals surface area contributed by atoms with Gasteiger partial charge in [0.2, 0.25) is 6.29 Å². The quantitative estimate of drug-likeness (QED) is 0.527. The number of allylic oxidation sites excluding steroid dienone is 2. The molecule has 5 nitrogen and oxygen atoms in total. The molecule has 1 aliphatic rings. The number of esters is 1. The molecule has 1 aliphatic heterocycles. The maximum Gasteiger partial charge on any atom is 0.341 e. The van der Waals surface area contributed by atoms with Crippen molar-refractivity contribution in [3.8, 4) is 0 Å².